The quantitative estimate of drug-likeness (QED) is 0.579. The van der Waals surface area contributed by atoms with Crippen molar-refractivity contribution in [3.05, 3.63) is 12.2 Å². The third-order valence-electron chi connectivity index (χ3n) is 0.786. The van der Waals surface area contributed by atoms with E-state index in [0.29, 0.717) is 10.3 Å². The maximum Gasteiger partial charge on any atom is 0.123 e. The Hall–Kier alpha value is -0.340. The van der Waals surface area contributed by atoms with E-state index in [1.807, 2.05) is 0 Å². The molecule has 0 atom stereocenters. The molecular formula is C6H8Cl2N2. The molecule has 0 saturated heterocycles. The largest absolute Gasteiger partial charge is 0.277 e. The first kappa shape index (κ1) is 9.66. The smallest absolute Gasteiger partial charge is 0.123 e. The van der Waals surface area contributed by atoms with Crippen molar-refractivity contribution in [2.24, 2.45) is 9.98 Å². The van der Waals surface area contributed by atoms with Gasteiger partial charge in [-0.05, 0) is 12.2 Å². The summed E-state index contributed by atoms with van der Waals surface area (Å²) in [5, 5.41) is 0.809. The molecule has 0 amide bonds. The molecule has 0 fully saturated rings. The zero-order chi connectivity index (χ0) is 7.98. The van der Waals surface area contributed by atoms with Crippen LogP contribution in [-0.2, 0) is 0 Å². The minimum atomic E-state index is 0.404. The van der Waals surface area contributed by atoms with E-state index in [1.54, 1.807) is 26.2 Å². The molecule has 4 heteroatoms. The Labute approximate surface area is 70.3 Å². The predicted molar refractivity (Wildman–Crippen MR) is 47.6 cm³/mol. The Balaban J connectivity index is 4.01. The average molecular weight is 179 g/mol. The van der Waals surface area contributed by atoms with Crippen LogP contribution in [0, 0.1) is 0 Å². The molecule has 56 valence electrons. The maximum atomic E-state index is 5.52. The summed E-state index contributed by atoms with van der Waals surface area (Å²) in [7, 11) is 3.20. The molecule has 0 bridgehead atoms. The van der Waals surface area contributed by atoms with Gasteiger partial charge in [0.2, 0.25) is 0 Å². The van der Waals surface area contributed by atoms with Gasteiger partial charge in [0.05, 0.1) is 0 Å². The number of aliphatic imine (C=N–C) groups is 2. The molecule has 0 aromatic heterocycles. The van der Waals surface area contributed by atoms with Gasteiger partial charge < -0.3 is 0 Å². The number of hydrogen-bond donors (Lipinski definition) is 0. The van der Waals surface area contributed by atoms with Gasteiger partial charge in [-0.25, -0.2) is 0 Å². The molecule has 0 N–H and O–H groups in total. The lowest BCUT2D eigenvalue weighted by atomic mass is 10.5. The van der Waals surface area contributed by atoms with Crippen molar-refractivity contribution < 1.29 is 0 Å². The van der Waals surface area contributed by atoms with Crippen LogP contribution in [0.2, 0.25) is 0 Å². The van der Waals surface area contributed by atoms with Gasteiger partial charge in [0.1, 0.15) is 10.3 Å². The summed E-state index contributed by atoms with van der Waals surface area (Å²) in [5.41, 5.74) is 0. The molecule has 0 aliphatic heterocycles. The van der Waals surface area contributed by atoms with Crippen molar-refractivity contribution in [3.63, 3.8) is 0 Å². The minimum Gasteiger partial charge on any atom is -0.277 e. The molecular weight excluding hydrogens is 171 g/mol. The molecule has 0 aromatic carbocycles. The molecule has 0 spiro atoms. The second kappa shape index (κ2) is 5.45. The zero-order valence-electron chi connectivity index (χ0n) is 5.81. The molecule has 0 aliphatic rings. The third kappa shape index (κ3) is 4.53. The fourth-order valence-corrected chi connectivity index (χ4v) is 0.413. The monoisotopic (exact) mass is 178 g/mol. The third-order valence-corrected chi connectivity index (χ3v) is 1.38. The van der Waals surface area contributed by atoms with Gasteiger partial charge in [-0.15, -0.1) is 0 Å². The highest BCUT2D eigenvalue weighted by Gasteiger charge is 1.84. The van der Waals surface area contributed by atoms with Gasteiger partial charge in [0.15, 0.2) is 0 Å². The average Bonchev–Trinajstić information content (AvgIpc) is 1.99. The van der Waals surface area contributed by atoms with E-state index in [1.165, 1.54) is 0 Å². The van der Waals surface area contributed by atoms with Gasteiger partial charge in [0.25, 0.3) is 0 Å². The molecule has 0 saturated carbocycles. The van der Waals surface area contributed by atoms with Crippen molar-refractivity contribution in [2.45, 2.75) is 0 Å². The first-order valence-electron chi connectivity index (χ1n) is 2.63. The molecule has 10 heavy (non-hydrogen) atoms. The van der Waals surface area contributed by atoms with Crippen LogP contribution in [0.1, 0.15) is 0 Å². The first-order valence-corrected chi connectivity index (χ1v) is 3.39. The number of halogens is 2. The number of nitrogens with zero attached hydrogens (tertiary/aromatic N) is 2. The molecule has 0 radical (unpaired) electrons. The fourth-order valence-electron chi connectivity index (χ4n) is 0.287. The Morgan fingerprint density at radius 3 is 1.50 bits per heavy atom. The Morgan fingerprint density at radius 1 is 1.00 bits per heavy atom. The fraction of sp³-hybridized carbons (Fsp3) is 0.333. The highest BCUT2D eigenvalue weighted by Crippen LogP contribution is 1.91. The van der Waals surface area contributed by atoms with E-state index in [4.69, 9.17) is 23.2 Å². The number of allylic oxidation sites excluding steroid dienone is 2. The van der Waals surface area contributed by atoms with Crippen LogP contribution in [0.5, 0.6) is 0 Å². The molecule has 0 unspecified atom stereocenters. The SMILES string of the molecule is CN=C(Cl)C=CC(Cl)=NC. The highest BCUT2D eigenvalue weighted by atomic mass is 35.5. The Bertz CT molecular complexity index is 162. The van der Waals surface area contributed by atoms with Crippen molar-refractivity contribution in [2.75, 3.05) is 14.1 Å². The molecule has 0 heterocycles. The first-order chi connectivity index (χ1) is 4.70. The van der Waals surface area contributed by atoms with Crippen molar-refractivity contribution in [3.8, 4) is 0 Å². The van der Waals surface area contributed by atoms with E-state index in [0.717, 1.165) is 0 Å². The van der Waals surface area contributed by atoms with E-state index >= 15 is 0 Å². The second-order valence-corrected chi connectivity index (χ2v) is 2.20. The summed E-state index contributed by atoms with van der Waals surface area (Å²) in [6.07, 6.45) is 3.16. The molecule has 2 nitrogen and oxygen atoms in total. The summed E-state index contributed by atoms with van der Waals surface area (Å²) in [5.74, 6) is 0. The summed E-state index contributed by atoms with van der Waals surface area (Å²) in [6, 6.07) is 0. The van der Waals surface area contributed by atoms with Crippen LogP contribution < -0.4 is 0 Å². The van der Waals surface area contributed by atoms with Gasteiger partial charge in [-0.2, -0.15) is 0 Å². The van der Waals surface area contributed by atoms with Crippen molar-refractivity contribution >= 4 is 33.5 Å². The zero-order valence-corrected chi connectivity index (χ0v) is 7.32. The van der Waals surface area contributed by atoms with E-state index in [2.05, 4.69) is 9.98 Å². The predicted octanol–water partition coefficient (Wildman–Crippen LogP) is 2.08. The standard InChI is InChI=1S/C6H8Cl2N2/c1-9-5(7)3-4-6(8)10-2/h3-4H,1-2H3. The van der Waals surface area contributed by atoms with Gasteiger partial charge >= 0.3 is 0 Å². The molecule has 0 aromatic rings. The van der Waals surface area contributed by atoms with Crippen molar-refractivity contribution in [1.29, 1.82) is 0 Å². The normalized spacial score (nSPS) is 14.8. The second-order valence-electron chi connectivity index (χ2n) is 1.43. The summed E-state index contributed by atoms with van der Waals surface area (Å²) in [6.45, 7) is 0. The minimum absolute atomic E-state index is 0.404. The summed E-state index contributed by atoms with van der Waals surface area (Å²) < 4.78 is 0. The van der Waals surface area contributed by atoms with Crippen LogP contribution in [-0.4, -0.2) is 24.4 Å². The lowest BCUT2D eigenvalue weighted by molar-refractivity contribution is 1.46. The number of hydrogen-bond acceptors (Lipinski definition) is 2. The van der Waals surface area contributed by atoms with Gasteiger partial charge in [0, 0.05) is 14.1 Å². The van der Waals surface area contributed by atoms with Crippen LogP contribution in [0.3, 0.4) is 0 Å². The summed E-state index contributed by atoms with van der Waals surface area (Å²) in [4.78, 5) is 7.35. The number of rotatable bonds is 2. The summed E-state index contributed by atoms with van der Waals surface area (Å²) >= 11 is 11.0. The van der Waals surface area contributed by atoms with Crippen LogP contribution in [0.25, 0.3) is 0 Å². The lowest BCUT2D eigenvalue weighted by Gasteiger charge is -1.83. The Morgan fingerprint density at radius 2 is 1.30 bits per heavy atom. The lowest BCUT2D eigenvalue weighted by Crippen LogP contribution is -1.82. The van der Waals surface area contributed by atoms with Gasteiger partial charge in [-0.3, -0.25) is 9.98 Å². The van der Waals surface area contributed by atoms with E-state index in [9.17, 15) is 0 Å². The van der Waals surface area contributed by atoms with Crippen LogP contribution >= 0.6 is 23.2 Å². The van der Waals surface area contributed by atoms with Crippen LogP contribution in [0.15, 0.2) is 22.1 Å². The Kier molecular flexibility index (Phi) is 5.26. The highest BCUT2D eigenvalue weighted by molar-refractivity contribution is 6.71. The maximum absolute atomic E-state index is 5.52. The van der Waals surface area contributed by atoms with E-state index < -0.39 is 0 Å². The topological polar surface area (TPSA) is 24.7 Å². The molecule has 0 aliphatic carbocycles. The van der Waals surface area contributed by atoms with Gasteiger partial charge in [-0.1, -0.05) is 23.2 Å². The van der Waals surface area contributed by atoms with Crippen molar-refractivity contribution in [1.82, 2.24) is 0 Å². The van der Waals surface area contributed by atoms with E-state index in [-0.39, 0.29) is 0 Å². The molecule has 0 rings (SSSR count). The van der Waals surface area contributed by atoms with Crippen LogP contribution in [0.4, 0.5) is 0 Å².